The first kappa shape index (κ1) is 9.89. The van der Waals surface area contributed by atoms with Crippen molar-refractivity contribution in [2.45, 2.75) is 25.7 Å². The Morgan fingerprint density at radius 2 is 2.07 bits per heavy atom. The predicted molar refractivity (Wildman–Crippen MR) is 50.8 cm³/mol. The van der Waals surface area contributed by atoms with Crippen LogP contribution < -0.4 is 0 Å². The van der Waals surface area contributed by atoms with Gasteiger partial charge in [0, 0.05) is 31.9 Å². The van der Waals surface area contributed by atoms with E-state index in [1.54, 1.807) is 6.07 Å². The Morgan fingerprint density at radius 1 is 1.33 bits per heavy atom. The smallest absolute Gasteiger partial charge is 0.229 e. The minimum absolute atomic E-state index is 0.0743. The molecule has 0 unspecified atom stereocenters. The lowest BCUT2D eigenvalue weighted by molar-refractivity contribution is -0.147. The molecule has 0 N–H and O–H groups in total. The molecule has 1 fully saturated rings. The summed E-state index contributed by atoms with van der Waals surface area (Å²) in [5, 5.41) is 3.73. The molecule has 0 bridgehead atoms. The Bertz CT molecular complexity index is 343. The fourth-order valence-electron chi connectivity index (χ4n) is 1.64. The summed E-state index contributed by atoms with van der Waals surface area (Å²) in [5.74, 6) is -0.149. The molecule has 2 heterocycles. The van der Waals surface area contributed by atoms with Gasteiger partial charge in [-0.15, -0.1) is 0 Å². The first-order valence-electron chi connectivity index (χ1n) is 5.00. The number of likely N-dealkylation sites (tertiary alicyclic amines) is 1. The lowest BCUT2D eigenvalue weighted by atomic mass is 10.1. The van der Waals surface area contributed by atoms with Gasteiger partial charge in [0.05, 0.1) is 5.69 Å². The van der Waals surface area contributed by atoms with E-state index in [2.05, 4.69) is 9.68 Å². The zero-order valence-corrected chi connectivity index (χ0v) is 8.31. The third kappa shape index (κ3) is 2.23. The Hall–Kier alpha value is -1.65. The van der Waals surface area contributed by atoms with E-state index in [0.29, 0.717) is 32.2 Å². The molecule has 0 saturated carbocycles. The number of carbonyl (C=O) groups is 2. The molecule has 2 amide bonds. The molecule has 1 saturated heterocycles. The van der Waals surface area contributed by atoms with Crippen molar-refractivity contribution >= 4 is 11.8 Å². The maximum atomic E-state index is 11.4. The van der Waals surface area contributed by atoms with Gasteiger partial charge in [-0.25, -0.2) is 0 Å². The van der Waals surface area contributed by atoms with Gasteiger partial charge in [0.15, 0.2) is 0 Å². The third-order valence-corrected chi connectivity index (χ3v) is 2.47. The molecule has 1 aliphatic rings. The molecular weight excluding hydrogens is 196 g/mol. The van der Waals surface area contributed by atoms with Crippen molar-refractivity contribution in [1.29, 1.82) is 0 Å². The highest BCUT2D eigenvalue weighted by Gasteiger charge is 2.25. The number of amides is 2. The molecule has 0 aliphatic carbocycles. The van der Waals surface area contributed by atoms with Crippen LogP contribution in [0.15, 0.2) is 16.9 Å². The molecule has 0 aromatic carbocycles. The first-order chi connectivity index (χ1) is 7.27. The predicted octanol–water partition coefficient (Wildman–Crippen LogP) is 0.756. The van der Waals surface area contributed by atoms with Crippen LogP contribution in [0.3, 0.4) is 0 Å². The fourth-order valence-corrected chi connectivity index (χ4v) is 1.64. The van der Waals surface area contributed by atoms with Crippen LogP contribution in [-0.2, 0) is 16.0 Å². The van der Waals surface area contributed by atoms with Crippen molar-refractivity contribution in [1.82, 2.24) is 10.1 Å². The van der Waals surface area contributed by atoms with Crippen LogP contribution in [0.1, 0.15) is 25.0 Å². The summed E-state index contributed by atoms with van der Waals surface area (Å²) < 4.78 is 4.67. The van der Waals surface area contributed by atoms with Gasteiger partial charge >= 0.3 is 0 Å². The lowest BCUT2D eigenvalue weighted by Gasteiger charge is -2.24. The number of aromatic nitrogens is 1. The fraction of sp³-hybridized carbons (Fsp3) is 0.500. The van der Waals surface area contributed by atoms with Gasteiger partial charge in [-0.05, 0) is 6.42 Å². The number of rotatable bonds is 3. The van der Waals surface area contributed by atoms with Crippen molar-refractivity contribution in [3.8, 4) is 0 Å². The average Bonchev–Trinajstić information content (AvgIpc) is 2.70. The molecule has 80 valence electrons. The van der Waals surface area contributed by atoms with Crippen LogP contribution in [0.2, 0.25) is 0 Å². The van der Waals surface area contributed by atoms with E-state index >= 15 is 0 Å². The quantitative estimate of drug-likeness (QED) is 0.688. The first-order valence-corrected chi connectivity index (χ1v) is 5.00. The monoisotopic (exact) mass is 208 g/mol. The maximum Gasteiger partial charge on any atom is 0.229 e. The summed E-state index contributed by atoms with van der Waals surface area (Å²) in [6.07, 6.45) is 3.68. The van der Waals surface area contributed by atoms with E-state index < -0.39 is 0 Å². The second-order valence-electron chi connectivity index (χ2n) is 3.53. The van der Waals surface area contributed by atoms with E-state index in [9.17, 15) is 9.59 Å². The molecule has 2 rings (SSSR count). The minimum Gasteiger partial charge on any atom is -0.365 e. The molecule has 0 spiro atoms. The summed E-state index contributed by atoms with van der Waals surface area (Å²) >= 11 is 0. The second kappa shape index (κ2) is 4.25. The van der Waals surface area contributed by atoms with Gasteiger partial charge in [0.25, 0.3) is 0 Å². The number of hydrogen-bond acceptors (Lipinski definition) is 4. The van der Waals surface area contributed by atoms with Crippen molar-refractivity contribution in [2.75, 3.05) is 6.54 Å². The summed E-state index contributed by atoms with van der Waals surface area (Å²) in [5.41, 5.74) is 0.765. The van der Waals surface area contributed by atoms with Gasteiger partial charge < -0.3 is 4.52 Å². The van der Waals surface area contributed by atoms with Gasteiger partial charge in [0.1, 0.15) is 6.26 Å². The summed E-state index contributed by atoms with van der Waals surface area (Å²) in [4.78, 5) is 24.2. The Balaban J connectivity index is 1.92. The van der Waals surface area contributed by atoms with E-state index in [-0.39, 0.29) is 11.8 Å². The molecule has 5 heteroatoms. The number of hydrogen-bond donors (Lipinski definition) is 0. The molecular formula is C10H12N2O3. The van der Waals surface area contributed by atoms with E-state index in [1.807, 2.05) is 0 Å². The number of piperidine rings is 1. The Labute approximate surface area is 87.0 Å². The molecule has 5 nitrogen and oxygen atoms in total. The molecule has 15 heavy (non-hydrogen) atoms. The molecule has 1 aliphatic heterocycles. The van der Waals surface area contributed by atoms with Gasteiger partial charge in [0.2, 0.25) is 11.8 Å². The van der Waals surface area contributed by atoms with Crippen LogP contribution in [0.4, 0.5) is 0 Å². The largest absolute Gasteiger partial charge is 0.365 e. The van der Waals surface area contributed by atoms with Gasteiger partial charge in [-0.3, -0.25) is 14.5 Å². The molecule has 1 aromatic heterocycles. The Kier molecular flexibility index (Phi) is 2.80. The minimum atomic E-state index is -0.0743. The van der Waals surface area contributed by atoms with E-state index in [0.717, 1.165) is 5.69 Å². The molecule has 0 atom stereocenters. The lowest BCUT2D eigenvalue weighted by Crippen LogP contribution is -2.41. The molecule has 1 aromatic rings. The van der Waals surface area contributed by atoms with Crippen molar-refractivity contribution in [2.24, 2.45) is 0 Å². The van der Waals surface area contributed by atoms with Crippen molar-refractivity contribution in [3.05, 3.63) is 18.0 Å². The van der Waals surface area contributed by atoms with Crippen LogP contribution >= 0.6 is 0 Å². The van der Waals surface area contributed by atoms with Crippen LogP contribution in [0.25, 0.3) is 0 Å². The molecule has 0 radical (unpaired) electrons. The Morgan fingerprint density at radius 3 is 2.67 bits per heavy atom. The highest BCUT2D eigenvalue weighted by Crippen LogP contribution is 2.12. The van der Waals surface area contributed by atoms with Gasteiger partial charge in [-0.2, -0.15) is 0 Å². The maximum absolute atomic E-state index is 11.4. The standard InChI is InChI=1S/C10H12N2O3/c13-9-2-1-3-10(14)12(9)6-4-8-5-7-15-11-8/h5,7H,1-4,6H2. The van der Waals surface area contributed by atoms with Crippen LogP contribution in [-0.4, -0.2) is 28.4 Å². The third-order valence-electron chi connectivity index (χ3n) is 2.47. The van der Waals surface area contributed by atoms with Gasteiger partial charge in [-0.1, -0.05) is 5.16 Å². The SMILES string of the molecule is O=C1CCCC(=O)N1CCc1ccon1. The van der Waals surface area contributed by atoms with E-state index in [1.165, 1.54) is 11.2 Å². The summed E-state index contributed by atoms with van der Waals surface area (Å²) in [6, 6.07) is 1.74. The number of imide groups is 1. The second-order valence-corrected chi connectivity index (χ2v) is 3.53. The highest BCUT2D eigenvalue weighted by molar-refractivity contribution is 5.97. The summed E-state index contributed by atoms with van der Waals surface area (Å²) in [7, 11) is 0. The topological polar surface area (TPSA) is 63.4 Å². The number of nitrogens with zero attached hydrogens (tertiary/aromatic N) is 2. The highest BCUT2D eigenvalue weighted by atomic mass is 16.5. The van der Waals surface area contributed by atoms with Crippen LogP contribution in [0.5, 0.6) is 0 Å². The van der Waals surface area contributed by atoms with Crippen LogP contribution in [0, 0.1) is 0 Å². The van der Waals surface area contributed by atoms with Crippen molar-refractivity contribution in [3.63, 3.8) is 0 Å². The average molecular weight is 208 g/mol. The zero-order chi connectivity index (χ0) is 10.7. The zero-order valence-electron chi connectivity index (χ0n) is 8.31. The normalized spacial score (nSPS) is 17.2. The summed E-state index contributed by atoms with van der Waals surface area (Å²) in [6.45, 7) is 0.407. The number of carbonyl (C=O) groups excluding carboxylic acids is 2. The van der Waals surface area contributed by atoms with Crippen molar-refractivity contribution < 1.29 is 14.1 Å². The van der Waals surface area contributed by atoms with E-state index in [4.69, 9.17) is 0 Å².